The Morgan fingerprint density at radius 3 is 2.39 bits per heavy atom. The van der Waals surface area contributed by atoms with Gasteiger partial charge in [-0.05, 0) is 25.0 Å². The van der Waals surface area contributed by atoms with Crippen LogP contribution in [0.3, 0.4) is 0 Å². The van der Waals surface area contributed by atoms with Crippen LogP contribution >= 0.6 is 0 Å². The number of hydrogen-bond acceptors (Lipinski definition) is 4. The average Bonchev–Trinajstić information content (AvgIpc) is 2.38. The van der Waals surface area contributed by atoms with Crippen molar-refractivity contribution in [2.75, 3.05) is 11.9 Å². The van der Waals surface area contributed by atoms with E-state index in [1.807, 2.05) is 0 Å². The lowest BCUT2D eigenvalue weighted by Crippen LogP contribution is -2.38. The van der Waals surface area contributed by atoms with E-state index in [1.165, 1.54) is 18.6 Å². The Labute approximate surface area is 106 Å². The van der Waals surface area contributed by atoms with E-state index >= 15 is 0 Å². The molecule has 1 saturated carbocycles. The zero-order valence-electron chi connectivity index (χ0n) is 10.3. The molecule has 5 heteroatoms. The third-order valence-corrected chi connectivity index (χ3v) is 3.48. The molecule has 18 heavy (non-hydrogen) atoms. The van der Waals surface area contributed by atoms with Gasteiger partial charge in [-0.15, -0.1) is 0 Å². The van der Waals surface area contributed by atoms with Gasteiger partial charge in [-0.1, -0.05) is 19.3 Å². The zero-order valence-corrected chi connectivity index (χ0v) is 10.3. The smallest absolute Gasteiger partial charge is 0.269 e. The second-order valence-electron chi connectivity index (χ2n) is 4.94. The molecule has 1 aromatic carbocycles. The van der Waals surface area contributed by atoms with E-state index in [-0.39, 0.29) is 5.69 Å². The van der Waals surface area contributed by atoms with Gasteiger partial charge in [0.25, 0.3) is 5.69 Å². The summed E-state index contributed by atoms with van der Waals surface area (Å²) >= 11 is 0. The summed E-state index contributed by atoms with van der Waals surface area (Å²) in [6.45, 7) is 0.505. The van der Waals surface area contributed by atoms with Crippen molar-refractivity contribution in [2.45, 2.75) is 37.7 Å². The van der Waals surface area contributed by atoms with E-state index in [1.54, 1.807) is 12.1 Å². The minimum absolute atomic E-state index is 0.0805. The van der Waals surface area contributed by atoms with Crippen LogP contribution in [-0.4, -0.2) is 22.2 Å². The molecule has 1 aliphatic carbocycles. The van der Waals surface area contributed by atoms with Crippen LogP contribution in [0.25, 0.3) is 0 Å². The highest BCUT2D eigenvalue weighted by Crippen LogP contribution is 2.28. The van der Waals surface area contributed by atoms with Crippen molar-refractivity contribution in [3.63, 3.8) is 0 Å². The molecule has 1 aromatic rings. The van der Waals surface area contributed by atoms with Crippen molar-refractivity contribution >= 4 is 11.4 Å². The first-order valence-corrected chi connectivity index (χ1v) is 6.30. The molecular formula is C13H18N2O3. The molecule has 0 amide bonds. The second kappa shape index (κ2) is 5.35. The van der Waals surface area contributed by atoms with Gasteiger partial charge in [-0.25, -0.2) is 0 Å². The van der Waals surface area contributed by atoms with Crippen LogP contribution in [0.2, 0.25) is 0 Å². The van der Waals surface area contributed by atoms with Crippen molar-refractivity contribution < 1.29 is 10.0 Å². The Bertz CT molecular complexity index is 411. The fraction of sp³-hybridized carbons (Fsp3) is 0.538. The number of nitrogens with one attached hydrogen (secondary N) is 1. The summed E-state index contributed by atoms with van der Waals surface area (Å²) in [6.07, 6.45) is 4.98. The molecular weight excluding hydrogens is 232 g/mol. The Morgan fingerprint density at radius 1 is 1.22 bits per heavy atom. The Morgan fingerprint density at radius 2 is 1.83 bits per heavy atom. The van der Waals surface area contributed by atoms with Gasteiger partial charge >= 0.3 is 0 Å². The van der Waals surface area contributed by atoms with E-state index in [2.05, 4.69) is 5.32 Å². The molecule has 0 spiro atoms. The van der Waals surface area contributed by atoms with Crippen LogP contribution in [0.4, 0.5) is 11.4 Å². The number of rotatable bonds is 4. The molecule has 0 atom stereocenters. The highest BCUT2D eigenvalue weighted by atomic mass is 16.6. The monoisotopic (exact) mass is 250 g/mol. The summed E-state index contributed by atoms with van der Waals surface area (Å²) in [4.78, 5) is 10.1. The van der Waals surface area contributed by atoms with Crippen LogP contribution < -0.4 is 5.32 Å². The molecule has 0 aromatic heterocycles. The zero-order chi connectivity index (χ0) is 13.0. The van der Waals surface area contributed by atoms with Crippen molar-refractivity contribution in [1.29, 1.82) is 0 Å². The van der Waals surface area contributed by atoms with Crippen molar-refractivity contribution in [2.24, 2.45) is 0 Å². The van der Waals surface area contributed by atoms with Crippen LogP contribution in [0.1, 0.15) is 32.1 Å². The summed E-state index contributed by atoms with van der Waals surface area (Å²) in [6, 6.07) is 6.27. The van der Waals surface area contributed by atoms with Gasteiger partial charge in [0.15, 0.2) is 0 Å². The lowest BCUT2D eigenvalue weighted by atomic mass is 9.85. The van der Waals surface area contributed by atoms with Gasteiger partial charge in [0.05, 0.1) is 10.5 Å². The maximum absolute atomic E-state index is 10.5. The average molecular weight is 250 g/mol. The van der Waals surface area contributed by atoms with Crippen LogP contribution in [0.5, 0.6) is 0 Å². The number of anilines is 1. The molecule has 2 rings (SSSR count). The molecule has 0 aliphatic heterocycles. The van der Waals surface area contributed by atoms with Gasteiger partial charge < -0.3 is 10.4 Å². The fourth-order valence-electron chi connectivity index (χ4n) is 2.35. The van der Waals surface area contributed by atoms with Crippen molar-refractivity contribution in [3.05, 3.63) is 34.4 Å². The van der Waals surface area contributed by atoms with Crippen LogP contribution in [-0.2, 0) is 0 Å². The van der Waals surface area contributed by atoms with E-state index in [0.717, 1.165) is 31.4 Å². The number of non-ortho nitro benzene ring substituents is 1. The van der Waals surface area contributed by atoms with Crippen LogP contribution in [0.15, 0.2) is 24.3 Å². The molecule has 0 heterocycles. The number of nitrogens with zero attached hydrogens (tertiary/aromatic N) is 1. The van der Waals surface area contributed by atoms with E-state index in [9.17, 15) is 15.2 Å². The maximum atomic E-state index is 10.5. The van der Waals surface area contributed by atoms with Crippen molar-refractivity contribution in [1.82, 2.24) is 0 Å². The van der Waals surface area contributed by atoms with Gasteiger partial charge in [0.2, 0.25) is 0 Å². The predicted molar refractivity (Wildman–Crippen MR) is 69.6 cm³/mol. The fourth-order valence-corrected chi connectivity index (χ4v) is 2.35. The summed E-state index contributed by atoms with van der Waals surface area (Å²) in [5.74, 6) is 0. The molecule has 0 saturated heterocycles. The predicted octanol–water partition coefficient (Wildman–Crippen LogP) is 2.70. The molecule has 98 valence electrons. The second-order valence-corrected chi connectivity index (χ2v) is 4.94. The molecule has 1 aliphatic rings. The molecule has 0 radical (unpaired) electrons. The lowest BCUT2D eigenvalue weighted by molar-refractivity contribution is -0.384. The van der Waals surface area contributed by atoms with E-state index in [4.69, 9.17) is 0 Å². The Kier molecular flexibility index (Phi) is 3.81. The molecule has 2 N–H and O–H groups in total. The quantitative estimate of drug-likeness (QED) is 0.636. The molecule has 0 unspecified atom stereocenters. The first kappa shape index (κ1) is 12.8. The minimum Gasteiger partial charge on any atom is -0.388 e. The van der Waals surface area contributed by atoms with Crippen molar-refractivity contribution in [3.8, 4) is 0 Å². The van der Waals surface area contributed by atoms with Gasteiger partial charge in [0.1, 0.15) is 0 Å². The molecule has 5 nitrogen and oxygen atoms in total. The van der Waals surface area contributed by atoms with Gasteiger partial charge in [-0.2, -0.15) is 0 Å². The highest BCUT2D eigenvalue weighted by molar-refractivity contribution is 5.48. The first-order chi connectivity index (χ1) is 8.59. The SMILES string of the molecule is O=[N+]([O-])c1ccc(NCC2(O)CCCCC2)cc1. The number of nitro groups is 1. The normalized spacial score (nSPS) is 18.3. The van der Waals surface area contributed by atoms with E-state index < -0.39 is 10.5 Å². The summed E-state index contributed by atoms with van der Waals surface area (Å²) in [5, 5.41) is 24.0. The highest BCUT2D eigenvalue weighted by Gasteiger charge is 2.28. The standard InChI is InChI=1S/C13H18N2O3/c16-13(8-2-1-3-9-13)10-14-11-4-6-12(7-5-11)15(17)18/h4-7,14,16H,1-3,8-10H2. The van der Waals surface area contributed by atoms with E-state index in [0.29, 0.717) is 6.54 Å². The third-order valence-electron chi connectivity index (χ3n) is 3.48. The Balaban J connectivity index is 1.91. The number of hydrogen-bond donors (Lipinski definition) is 2. The summed E-state index contributed by atoms with van der Waals surface area (Å²) < 4.78 is 0. The van der Waals surface area contributed by atoms with Gasteiger partial charge in [0, 0.05) is 24.4 Å². The Hall–Kier alpha value is -1.62. The maximum Gasteiger partial charge on any atom is 0.269 e. The topological polar surface area (TPSA) is 75.4 Å². The molecule has 0 bridgehead atoms. The number of nitro benzene ring substituents is 1. The van der Waals surface area contributed by atoms with Gasteiger partial charge in [-0.3, -0.25) is 10.1 Å². The first-order valence-electron chi connectivity index (χ1n) is 6.30. The third kappa shape index (κ3) is 3.20. The summed E-state index contributed by atoms with van der Waals surface area (Å²) in [7, 11) is 0. The number of benzene rings is 1. The largest absolute Gasteiger partial charge is 0.388 e. The lowest BCUT2D eigenvalue weighted by Gasteiger charge is -2.32. The number of aliphatic hydroxyl groups is 1. The van der Waals surface area contributed by atoms with Crippen LogP contribution in [0, 0.1) is 10.1 Å². The molecule has 1 fully saturated rings. The summed E-state index contributed by atoms with van der Waals surface area (Å²) in [5.41, 5.74) is 0.261. The minimum atomic E-state index is -0.625.